The first-order valence-electron chi connectivity index (χ1n) is 10.7. The van der Waals surface area contributed by atoms with E-state index < -0.39 is 0 Å². The largest absolute Gasteiger partial charge is 0.487 e. The minimum atomic E-state index is -0.375. The molecule has 8 nitrogen and oxygen atoms in total. The molecule has 0 spiro atoms. The Bertz CT molecular complexity index is 1010. The van der Waals surface area contributed by atoms with Crippen LogP contribution in [-0.2, 0) is 16.0 Å². The molecule has 4 aliphatic rings. The van der Waals surface area contributed by atoms with Crippen molar-refractivity contribution in [2.75, 3.05) is 29.9 Å². The first kappa shape index (κ1) is 19.8. The zero-order valence-corrected chi connectivity index (χ0v) is 17.8. The van der Waals surface area contributed by atoms with Crippen LogP contribution < -0.4 is 20.3 Å². The van der Waals surface area contributed by atoms with Crippen molar-refractivity contribution in [1.29, 1.82) is 5.41 Å². The minimum Gasteiger partial charge on any atom is -0.487 e. The van der Waals surface area contributed by atoms with Crippen LogP contribution in [0.25, 0.3) is 0 Å². The van der Waals surface area contributed by atoms with Gasteiger partial charge >= 0.3 is 0 Å². The van der Waals surface area contributed by atoms with Gasteiger partial charge in [0, 0.05) is 62.3 Å². The van der Waals surface area contributed by atoms with E-state index in [2.05, 4.69) is 34.4 Å². The van der Waals surface area contributed by atoms with Crippen molar-refractivity contribution in [3.8, 4) is 5.75 Å². The molecule has 0 saturated carbocycles. The fourth-order valence-electron chi connectivity index (χ4n) is 4.78. The van der Waals surface area contributed by atoms with Gasteiger partial charge in [0.05, 0.1) is 23.1 Å². The van der Waals surface area contributed by atoms with Crippen molar-refractivity contribution < 1.29 is 14.3 Å². The smallest absolute Gasteiger partial charge is 0.261 e. The molecule has 0 radical (unpaired) electrons. The Labute approximate surface area is 181 Å². The van der Waals surface area contributed by atoms with Crippen LogP contribution in [0.2, 0.25) is 0 Å². The van der Waals surface area contributed by atoms with E-state index in [9.17, 15) is 4.79 Å². The van der Waals surface area contributed by atoms with E-state index in [0.717, 1.165) is 61.4 Å². The molecule has 1 aromatic rings. The number of aliphatic imine (C=N–C) groups is 1. The van der Waals surface area contributed by atoms with Gasteiger partial charge in [-0.3, -0.25) is 4.79 Å². The SMILES string of the molecule is CC1(C)Cc2cc(NC(=O)/C(C=N)=C3\N=CC=CN3)c(N3CC4CCOC4C3)cc2O1. The number of benzene rings is 1. The number of hydrogen-bond donors (Lipinski definition) is 3. The van der Waals surface area contributed by atoms with Crippen molar-refractivity contribution in [2.45, 2.75) is 38.4 Å². The van der Waals surface area contributed by atoms with Gasteiger partial charge in [-0.25, -0.2) is 4.99 Å². The lowest BCUT2D eigenvalue weighted by Crippen LogP contribution is -2.26. The van der Waals surface area contributed by atoms with Crippen LogP contribution in [-0.4, -0.2) is 49.7 Å². The van der Waals surface area contributed by atoms with E-state index in [4.69, 9.17) is 14.9 Å². The van der Waals surface area contributed by atoms with Crippen molar-refractivity contribution in [3.05, 3.63) is 41.4 Å². The number of fused-ring (bicyclic) bond motifs is 2. The summed E-state index contributed by atoms with van der Waals surface area (Å²) in [5.41, 5.74) is 2.62. The van der Waals surface area contributed by atoms with Crippen molar-refractivity contribution in [1.82, 2.24) is 5.32 Å². The third-order valence-electron chi connectivity index (χ3n) is 6.22. The molecule has 4 aliphatic heterocycles. The molecule has 8 heteroatoms. The van der Waals surface area contributed by atoms with Gasteiger partial charge in [-0.2, -0.15) is 0 Å². The molecule has 5 rings (SSSR count). The number of carbonyl (C=O) groups excluding carboxylic acids is 1. The summed E-state index contributed by atoms with van der Waals surface area (Å²) in [7, 11) is 0. The highest BCUT2D eigenvalue weighted by atomic mass is 16.5. The van der Waals surface area contributed by atoms with E-state index in [-0.39, 0.29) is 23.2 Å². The lowest BCUT2D eigenvalue weighted by molar-refractivity contribution is -0.112. The molecule has 0 aliphatic carbocycles. The van der Waals surface area contributed by atoms with Gasteiger partial charge in [-0.05, 0) is 32.4 Å². The fraction of sp³-hybridized carbons (Fsp3) is 0.435. The molecule has 0 bridgehead atoms. The highest BCUT2D eigenvalue weighted by molar-refractivity contribution is 6.18. The first-order valence-corrected chi connectivity index (χ1v) is 10.7. The van der Waals surface area contributed by atoms with Crippen LogP contribution in [0.5, 0.6) is 5.75 Å². The topological polar surface area (TPSA) is 99.0 Å². The number of anilines is 2. The zero-order valence-electron chi connectivity index (χ0n) is 17.8. The second kappa shape index (κ2) is 7.53. The third-order valence-corrected chi connectivity index (χ3v) is 6.22. The number of hydrogen-bond acceptors (Lipinski definition) is 7. The minimum absolute atomic E-state index is 0.172. The third kappa shape index (κ3) is 3.72. The number of nitrogens with zero attached hydrogens (tertiary/aromatic N) is 2. The van der Waals surface area contributed by atoms with Crippen LogP contribution in [0.1, 0.15) is 25.8 Å². The number of allylic oxidation sites excluding steroid dienone is 1. The zero-order chi connectivity index (χ0) is 21.6. The summed E-state index contributed by atoms with van der Waals surface area (Å²) >= 11 is 0. The maximum absolute atomic E-state index is 13.1. The Morgan fingerprint density at radius 3 is 3.00 bits per heavy atom. The molecule has 1 amide bonds. The quantitative estimate of drug-likeness (QED) is 0.513. The first-order chi connectivity index (χ1) is 14.9. The molecule has 162 valence electrons. The molecular formula is C23H27N5O3. The summed E-state index contributed by atoms with van der Waals surface area (Å²) in [4.78, 5) is 19.6. The maximum Gasteiger partial charge on any atom is 0.261 e. The second-order valence-corrected chi connectivity index (χ2v) is 9.02. The van der Waals surface area contributed by atoms with E-state index >= 15 is 0 Å². The number of nitrogens with one attached hydrogen (secondary N) is 3. The molecular weight excluding hydrogens is 394 g/mol. The van der Waals surface area contributed by atoms with E-state index in [1.807, 2.05) is 12.1 Å². The second-order valence-electron chi connectivity index (χ2n) is 9.02. The van der Waals surface area contributed by atoms with Crippen LogP contribution in [0.4, 0.5) is 11.4 Å². The molecule has 0 aromatic heterocycles. The van der Waals surface area contributed by atoms with Crippen LogP contribution >= 0.6 is 0 Å². The highest BCUT2D eigenvalue weighted by Gasteiger charge is 2.39. The van der Waals surface area contributed by atoms with Gasteiger partial charge in [-0.1, -0.05) is 0 Å². The Balaban J connectivity index is 1.48. The monoisotopic (exact) mass is 421 g/mol. The van der Waals surface area contributed by atoms with E-state index in [1.54, 1.807) is 18.5 Å². The van der Waals surface area contributed by atoms with E-state index in [0.29, 0.717) is 11.7 Å². The molecule has 2 unspecified atom stereocenters. The maximum atomic E-state index is 13.1. The van der Waals surface area contributed by atoms with Crippen molar-refractivity contribution >= 4 is 29.7 Å². The lowest BCUT2D eigenvalue weighted by Gasteiger charge is -2.24. The van der Waals surface area contributed by atoms with Gasteiger partial charge in [0.15, 0.2) is 0 Å². The van der Waals surface area contributed by atoms with Gasteiger partial charge in [0.2, 0.25) is 0 Å². The Morgan fingerprint density at radius 1 is 1.39 bits per heavy atom. The van der Waals surface area contributed by atoms with Crippen LogP contribution in [0.15, 0.2) is 40.8 Å². The Morgan fingerprint density at radius 2 is 2.26 bits per heavy atom. The van der Waals surface area contributed by atoms with Gasteiger partial charge < -0.3 is 30.4 Å². The highest BCUT2D eigenvalue weighted by Crippen LogP contribution is 2.43. The average Bonchev–Trinajstić information content (AvgIpc) is 3.40. The average molecular weight is 422 g/mol. The summed E-state index contributed by atoms with van der Waals surface area (Å²) in [6, 6.07) is 4.05. The number of ether oxygens (including phenoxy) is 2. The summed E-state index contributed by atoms with van der Waals surface area (Å²) in [6.07, 6.45) is 8.11. The van der Waals surface area contributed by atoms with Crippen molar-refractivity contribution in [3.63, 3.8) is 0 Å². The van der Waals surface area contributed by atoms with E-state index in [1.165, 1.54) is 0 Å². The normalized spacial score (nSPS) is 26.7. The molecule has 2 fully saturated rings. The fourth-order valence-corrected chi connectivity index (χ4v) is 4.78. The van der Waals surface area contributed by atoms with Gasteiger partial charge in [-0.15, -0.1) is 0 Å². The molecule has 31 heavy (non-hydrogen) atoms. The molecule has 2 saturated heterocycles. The lowest BCUT2D eigenvalue weighted by atomic mass is 10.0. The summed E-state index contributed by atoms with van der Waals surface area (Å²) in [6.45, 7) is 6.65. The number of rotatable bonds is 4. The predicted molar refractivity (Wildman–Crippen MR) is 120 cm³/mol. The number of amides is 1. The summed E-state index contributed by atoms with van der Waals surface area (Å²) in [5.74, 6) is 1.36. The molecule has 4 heterocycles. The summed E-state index contributed by atoms with van der Waals surface area (Å²) in [5, 5.41) is 13.7. The Hall–Kier alpha value is -3.13. The molecule has 2 atom stereocenters. The number of carbonyl (C=O) groups is 1. The van der Waals surface area contributed by atoms with Crippen LogP contribution in [0, 0.1) is 11.3 Å². The van der Waals surface area contributed by atoms with Gasteiger partial charge in [0.25, 0.3) is 5.91 Å². The molecule has 3 N–H and O–H groups in total. The molecule has 1 aromatic carbocycles. The van der Waals surface area contributed by atoms with Gasteiger partial charge in [0.1, 0.15) is 17.2 Å². The van der Waals surface area contributed by atoms with Crippen molar-refractivity contribution in [2.24, 2.45) is 10.9 Å². The Kier molecular flexibility index (Phi) is 4.81. The predicted octanol–water partition coefficient (Wildman–Crippen LogP) is 2.61. The standard InChI is InChI=1S/C23H27N5O3/c1-23(2)10-15-8-17(27-22(29)16(11-24)21-25-5-3-6-26-21)18(9-19(15)31-23)28-12-14-4-7-30-20(14)13-28/h3,5-6,8-9,11,14,20,24-25H,4,7,10,12-13H2,1-2H3,(H,27,29)/b21-16-,24-11?. The van der Waals surface area contributed by atoms with Crippen LogP contribution in [0.3, 0.4) is 0 Å². The summed E-state index contributed by atoms with van der Waals surface area (Å²) < 4.78 is 12.0.